The van der Waals surface area contributed by atoms with Gasteiger partial charge in [0.05, 0.1) is 0 Å². The van der Waals surface area contributed by atoms with Gasteiger partial charge in [-0.05, 0) is 39.8 Å². The molecule has 0 aromatic carbocycles. The van der Waals surface area contributed by atoms with Gasteiger partial charge in [-0.3, -0.25) is 0 Å². The molecule has 0 spiro atoms. The molecule has 104 valence electrons. The zero-order valence-electron chi connectivity index (χ0n) is 12.0. The van der Waals surface area contributed by atoms with Gasteiger partial charge in [0.15, 0.2) is 0 Å². The molecule has 0 aromatic heterocycles. The molecule has 17 heavy (non-hydrogen) atoms. The summed E-state index contributed by atoms with van der Waals surface area (Å²) in [7, 11) is -2.09. The third kappa shape index (κ3) is 7.89. The predicted octanol–water partition coefficient (Wildman–Crippen LogP) is 1.58. The first kappa shape index (κ1) is 17.1. The molecule has 0 aliphatic rings. The summed E-state index contributed by atoms with van der Waals surface area (Å²) in [6.07, 6.45) is 4.04. The first-order valence-electron chi connectivity index (χ1n) is 6.94. The zero-order valence-corrected chi connectivity index (χ0v) is 13.0. The predicted molar refractivity (Wildman–Crippen MR) is 75.3 cm³/mol. The van der Waals surface area contributed by atoms with Crippen molar-refractivity contribution in [1.29, 1.82) is 0 Å². The molecular weight excluding hydrogens is 232 g/mol. The second-order valence-electron chi connectivity index (χ2n) is 4.13. The molecule has 5 heteroatoms. The Morgan fingerprint density at radius 1 is 0.765 bits per heavy atom. The lowest BCUT2D eigenvalue weighted by atomic mass is 10.5. The molecule has 0 fully saturated rings. The van der Waals surface area contributed by atoms with Crippen molar-refractivity contribution in [2.24, 2.45) is 0 Å². The number of rotatable bonds is 12. The van der Waals surface area contributed by atoms with Crippen molar-refractivity contribution in [1.82, 2.24) is 10.6 Å². The maximum Gasteiger partial charge on any atom is 0.366 e. The molecule has 0 heterocycles. The lowest BCUT2D eigenvalue weighted by Crippen LogP contribution is -2.58. The molecule has 4 nitrogen and oxygen atoms in total. The normalized spacial score (nSPS) is 12.0. The van der Waals surface area contributed by atoms with Gasteiger partial charge in [0.25, 0.3) is 0 Å². The summed E-state index contributed by atoms with van der Waals surface area (Å²) >= 11 is 0. The van der Waals surface area contributed by atoms with E-state index in [2.05, 4.69) is 24.5 Å². The van der Waals surface area contributed by atoms with Gasteiger partial charge >= 0.3 is 8.56 Å². The lowest BCUT2D eigenvalue weighted by Gasteiger charge is -2.30. The fourth-order valence-corrected chi connectivity index (χ4v) is 4.53. The average Bonchev–Trinajstić information content (AvgIpc) is 2.30. The van der Waals surface area contributed by atoms with Crippen LogP contribution >= 0.6 is 0 Å². The van der Waals surface area contributed by atoms with Crippen molar-refractivity contribution in [3.63, 3.8) is 0 Å². The molecule has 0 rings (SSSR count). The number of hydrogen-bond acceptors (Lipinski definition) is 4. The van der Waals surface area contributed by atoms with E-state index in [1.807, 2.05) is 13.8 Å². The topological polar surface area (TPSA) is 42.5 Å². The maximum absolute atomic E-state index is 5.95. The SMILES string of the molecule is CCCNC[Si](CNCCC)(OCC)OCC. The van der Waals surface area contributed by atoms with Crippen molar-refractivity contribution in [3.05, 3.63) is 0 Å². The van der Waals surface area contributed by atoms with Crippen LogP contribution in [0.2, 0.25) is 0 Å². The highest BCUT2D eigenvalue weighted by Gasteiger charge is 2.36. The van der Waals surface area contributed by atoms with E-state index in [1.54, 1.807) is 0 Å². The zero-order chi connectivity index (χ0) is 13.0. The summed E-state index contributed by atoms with van der Waals surface area (Å²) < 4.78 is 11.9. The molecule has 0 bridgehead atoms. The minimum absolute atomic E-state index is 0.730. The Morgan fingerprint density at radius 2 is 1.18 bits per heavy atom. The summed E-state index contributed by atoms with van der Waals surface area (Å²) in [6.45, 7) is 12.0. The molecule has 0 saturated heterocycles. The molecule has 0 aromatic rings. The molecule has 0 amide bonds. The van der Waals surface area contributed by atoms with Crippen LogP contribution in [-0.2, 0) is 8.85 Å². The molecule has 0 aliphatic heterocycles. The highest BCUT2D eigenvalue weighted by Crippen LogP contribution is 2.06. The smallest absolute Gasteiger partial charge is 0.366 e. The van der Waals surface area contributed by atoms with E-state index in [0.29, 0.717) is 0 Å². The van der Waals surface area contributed by atoms with Gasteiger partial charge in [-0.2, -0.15) is 0 Å². The number of nitrogens with one attached hydrogen (secondary N) is 2. The van der Waals surface area contributed by atoms with Crippen LogP contribution in [0.1, 0.15) is 40.5 Å². The molecular formula is C12H30N2O2Si. The molecule has 0 saturated carbocycles. The van der Waals surface area contributed by atoms with Crippen LogP contribution in [-0.4, -0.2) is 47.2 Å². The maximum atomic E-state index is 5.95. The first-order valence-corrected chi connectivity index (χ1v) is 9.17. The molecule has 0 aliphatic carbocycles. The van der Waals surface area contributed by atoms with Gasteiger partial charge in [-0.25, -0.2) is 0 Å². The standard InChI is InChI=1S/C12H30N2O2Si/c1-5-9-13-11-17(15-7-3,16-8-4)12-14-10-6-2/h13-14H,5-12H2,1-4H3. The summed E-state index contributed by atoms with van der Waals surface area (Å²) in [5.41, 5.74) is 0. The third-order valence-corrected chi connectivity index (χ3v) is 5.66. The largest absolute Gasteiger partial charge is 0.393 e. The van der Waals surface area contributed by atoms with Crippen LogP contribution in [0.4, 0.5) is 0 Å². The van der Waals surface area contributed by atoms with Gasteiger partial charge in [0, 0.05) is 25.5 Å². The Balaban J connectivity index is 4.25. The van der Waals surface area contributed by atoms with Gasteiger partial charge in [0.2, 0.25) is 0 Å². The average molecular weight is 262 g/mol. The van der Waals surface area contributed by atoms with Crippen LogP contribution < -0.4 is 10.6 Å². The van der Waals surface area contributed by atoms with E-state index in [9.17, 15) is 0 Å². The van der Waals surface area contributed by atoms with Gasteiger partial charge in [-0.15, -0.1) is 0 Å². The third-order valence-electron chi connectivity index (χ3n) is 2.46. The summed E-state index contributed by atoms with van der Waals surface area (Å²) in [5, 5.41) is 6.89. The Bertz CT molecular complexity index is 153. The highest BCUT2D eigenvalue weighted by molar-refractivity contribution is 6.67. The van der Waals surface area contributed by atoms with Crippen LogP contribution in [0.25, 0.3) is 0 Å². The Morgan fingerprint density at radius 3 is 1.47 bits per heavy atom. The van der Waals surface area contributed by atoms with Crippen LogP contribution in [0.3, 0.4) is 0 Å². The molecule has 2 N–H and O–H groups in total. The van der Waals surface area contributed by atoms with Crippen molar-refractivity contribution in [3.8, 4) is 0 Å². The quantitative estimate of drug-likeness (QED) is 0.414. The fraction of sp³-hybridized carbons (Fsp3) is 1.00. The summed E-state index contributed by atoms with van der Waals surface area (Å²) in [4.78, 5) is 0. The Kier molecular flexibility index (Phi) is 11.2. The van der Waals surface area contributed by atoms with Crippen LogP contribution in [0.5, 0.6) is 0 Å². The molecule has 0 atom stereocenters. The van der Waals surface area contributed by atoms with Crippen LogP contribution in [0.15, 0.2) is 0 Å². The highest BCUT2D eigenvalue weighted by atomic mass is 28.4. The van der Waals surface area contributed by atoms with E-state index in [0.717, 1.165) is 51.5 Å². The van der Waals surface area contributed by atoms with E-state index in [1.165, 1.54) is 0 Å². The van der Waals surface area contributed by atoms with E-state index < -0.39 is 8.56 Å². The number of hydrogen-bond donors (Lipinski definition) is 2. The molecule has 0 radical (unpaired) electrons. The van der Waals surface area contributed by atoms with E-state index >= 15 is 0 Å². The fourth-order valence-electron chi connectivity index (χ4n) is 1.75. The van der Waals surface area contributed by atoms with Gasteiger partial charge in [0.1, 0.15) is 0 Å². The van der Waals surface area contributed by atoms with Crippen molar-refractivity contribution in [2.75, 3.05) is 38.6 Å². The Hall–Kier alpha value is 0.0569. The Labute approximate surface area is 108 Å². The second kappa shape index (κ2) is 11.2. The lowest BCUT2D eigenvalue weighted by molar-refractivity contribution is 0.179. The summed E-state index contributed by atoms with van der Waals surface area (Å²) in [5.74, 6) is 0. The first-order chi connectivity index (χ1) is 8.24. The van der Waals surface area contributed by atoms with Crippen molar-refractivity contribution >= 4 is 8.56 Å². The van der Waals surface area contributed by atoms with Crippen molar-refractivity contribution < 1.29 is 8.85 Å². The van der Waals surface area contributed by atoms with Crippen LogP contribution in [0, 0.1) is 0 Å². The van der Waals surface area contributed by atoms with E-state index in [-0.39, 0.29) is 0 Å². The minimum atomic E-state index is -2.09. The summed E-state index contributed by atoms with van der Waals surface area (Å²) in [6, 6.07) is 0. The minimum Gasteiger partial charge on any atom is -0.393 e. The van der Waals surface area contributed by atoms with Crippen molar-refractivity contribution in [2.45, 2.75) is 40.5 Å². The van der Waals surface area contributed by atoms with Gasteiger partial charge < -0.3 is 19.5 Å². The second-order valence-corrected chi connectivity index (χ2v) is 7.24. The monoisotopic (exact) mass is 262 g/mol. The van der Waals surface area contributed by atoms with E-state index in [4.69, 9.17) is 8.85 Å². The van der Waals surface area contributed by atoms with Gasteiger partial charge in [-0.1, -0.05) is 13.8 Å². The molecule has 0 unspecified atom stereocenters.